The number of carbonyl (C=O) groups is 2. The van der Waals surface area contributed by atoms with Crippen molar-refractivity contribution in [3.8, 4) is 5.75 Å². The van der Waals surface area contributed by atoms with Crippen LogP contribution in [0.5, 0.6) is 5.75 Å². The molecule has 1 heterocycles. The van der Waals surface area contributed by atoms with Crippen LogP contribution in [0.25, 0.3) is 0 Å². The molecule has 2 rings (SSSR count). The van der Waals surface area contributed by atoms with Gasteiger partial charge in [-0.3, -0.25) is 9.59 Å². The Bertz CT molecular complexity index is 599. The van der Waals surface area contributed by atoms with E-state index in [4.69, 9.17) is 14.2 Å². The lowest BCUT2D eigenvalue weighted by molar-refractivity contribution is -0.148. The average Bonchev–Trinajstić information content (AvgIpc) is 3.23. The Balaban J connectivity index is 2.19. The van der Waals surface area contributed by atoms with Crippen LogP contribution in [-0.4, -0.2) is 18.5 Å². The minimum absolute atomic E-state index is 0.154. The van der Waals surface area contributed by atoms with Crippen LogP contribution in [0.1, 0.15) is 45.7 Å². The highest BCUT2D eigenvalue weighted by Gasteiger charge is 2.43. The standard InChI is InChI=1S/C18H24O5/c1-11(2)16(19)21-9-13-6-7-14(18(5)10-22-18)15(8-13)23-17(20)12(3)4/h6-8,11-12H,9-10H2,1-5H3. The lowest BCUT2D eigenvalue weighted by atomic mass is 9.99. The summed E-state index contributed by atoms with van der Waals surface area (Å²) in [6, 6.07) is 5.48. The molecule has 5 heteroatoms. The van der Waals surface area contributed by atoms with Crippen molar-refractivity contribution in [1.29, 1.82) is 0 Å². The molecule has 1 fully saturated rings. The molecule has 0 N–H and O–H groups in total. The summed E-state index contributed by atoms with van der Waals surface area (Å²) in [7, 11) is 0. The van der Waals surface area contributed by atoms with Gasteiger partial charge in [-0.05, 0) is 18.6 Å². The van der Waals surface area contributed by atoms with Gasteiger partial charge in [0, 0.05) is 5.56 Å². The molecule has 126 valence electrons. The van der Waals surface area contributed by atoms with Gasteiger partial charge in [0.05, 0.1) is 18.4 Å². The summed E-state index contributed by atoms with van der Waals surface area (Å²) >= 11 is 0. The maximum absolute atomic E-state index is 11.9. The second kappa shape index (κ2) is 6.71. The maximum atomic E-state index is 11.9. The fourth-order valence-corrected chi connectivity index (χ4v) is 1.99. The molecule has 0 bridgehead atoms. The Labute approximate surface area is 136 Å². The summed E-state index contributed by atoms with van der Waals surface area (Å²) in [5.74, 6) is -0.481. The number of epoxide rings is 1. The van der Waals surface area contributed by atoms with E-state index in [0.717, 1.165) is 11.1 Å². The minimum atomic E-state index is -0.403. The summed E-state index contributed by atoms with van der Waals surface area (Å²) in [6.07, 6.45) is 0. The number of carbonyl (C=O) groups excluding carboxylic acids is 2. The van der Waals surface area contributed by atoms with Gasteiger partial charge in [-0.1, -0.05) is 39.8 Å². The van der Waals surface area contributed by atoms with Crippen molar-refractivity contribution in [2.24, 2.45) is 11.8 Å². The van der Waals surface area contributed by atoms with Gasteiger partial charge in [-0.2, -0.15) is 0 Å². The van der Waals surface area contributed by atoms with Gasteiger partial charge in [0.25, 0.3) is 0 Å². The molecule has 23 heavy (non-hydrogen) atoms. The zero-order valence-electron chi connectivity index (χ0n) is 14.3. The molecule has 1 unspecified atom stereocenters. The summed E-state index contributed by atoms with van der Waals surface area (Å²) < 4.78 is 16.2. The zero-order valence-corrected chi connectivity index (χ0v) is 14.3. The van der Waals surface area contributed by atoms with E-state index in [2.05, 4.69) is 0 Å². The molecule has 0 radical (unpaired) electrons. The fourth-order valence-electron chi connectivity index (χ4n) is 1.99. The normalized spacial score (nSPS) is 19.8. The highest BCUT2D eigenvalue weighted by atomic mass is 16.6. The molecule has 5 nitrogen and oxygen atoms in total. The Hall–Kier alpha value is -1.88. The molecular weight excluding hydrogens is 296 g/mol. The highest BCUT2D eigenvalue weighted by molar-refractivity contribution is 5.75. The van der Waals surface area contributed by atoms with Crippen LogP contribution in [0.15, 0.2) is 18.2 Å². The third kappa shape index (κ3) is 4.32. The van der Waals surface area contributed by atoms with Crippen LogP contribution in [0, 0.1) is 11.8 Å². The second-order valence-electron chi connectivity index (χ2n) is 6.69. The number of esters is 2. The van der Waals surface area contributed by atoms with Crippen LogP contribution in [0.3, 0.4) is 0 Å². The van der Waals surface area contributed by atoms with E-state index in [1.165, 1.54) is 0 Å². The third-order valence-corrected chi connectivity index (χ3v) is 3.73. The van der Waals surface area contributed by atoms with E-state index in [9.17, 15) is 9.59 Å². The van der Waals surface area contributed by atoms with Gasteiger partial charge < -0.3 is 14.2 Å². The predicted molar refractivity (Wildman–Crippen MR) is 84.9 cm³/mol. The van der Waals surface area contributed by atoms with Crippen molar-refractivity contribution >= 4 is 11.9 Å². The van der Waals surface area contributed by atoms with Crippen LogP contribution < -0.4 is 4.74 Å². The highest BCUT2D eigenvalue weighted by Crippen LogP contribution is 2.43. The molecule has 1 aliphatic heterocycles. The van der Waals surface area contributed by atoms with Gasteiger partial charge in [0.1, 0.15) is 18.0 Å². The quantitative estimate of drug-likeness (QED) is 0.457. The molecular formula is C18H24O5. The summed E-state index contributed by atoms with van der Waals surface area (Å²) in [5.41, 5.74) is 1.21. The van der Waals surface area contributed by atoms with Crippen molar-refractivity contribution in [2.75, 3.05) is 6.61 Å². The summed E-state index contributed by atoms with van der Waals surface area (Å²) in [6.45, 7) is 9.84. The molecule has 1 saturated heterocycles. The molecule has 0 aliphatic carbocycles. The Morgan fingerprint density at radius 3 is 2.30 bits per heavy atom. The summed E-state index contributed by atoms with van der Waals surface area (Å²) in [4.78, 5) is 23.5. The van der Waals surface area contributed by atoms with Gasteiger partial charge in [0.2, 0.25) is 0 Å². The molecule has 1 aromatic carbocycles. The Kier molecular flexibility index (Phi) is 5.09. The zero-order chi connectivity index (χ0) is 17.2. The first-order chi connectivity index (χ1) is 10.7. The number of rotatable bonds is 6. The van der Waals surface area contributed by atoms with Gasteiger partial charge >= 0.3 is 11.9 Å². The van der Waals surface area contributed by atoms with Crippen LogP contribution in [0.4, 0.5) is 0 Å². The molecule has 0 aromatic heterocycles. The lowest BCUT2D eigenvalue weighted by Crippen LogP contribution is -2.18. The van der Waals surface area contributed by atoms with Crippen LogP contribution >= 0.6 is 0 Å². The molecule has 1 aromatic rings. The van der Waals surface area contributed by atoms with Gasteiger partial charge in [-0.25, -0.2) is 0 Å². The Morgan fingerprint density at radius 1 is 1.17 bits per heavy atom. The maximum Gasteiger partial charge on any atom is 0.313 e. The topological polar surface area (TPSA) is 65.1 Å². The SMILES string of the molecule is CC(C)C(=O)OCc1ccc(C2(C)CO2)c(OC(=O)C(C)C)c1. The number of benzene rings is 1. The van der Waals surface area contributed by atoms with Crippen molar-refractivity contribution < 1.29 is 23.8 Å². The monoisotopic (exact) mass is 320 g/mol. The number of ether oxygens (including phenoxy) is 3. The van der Waals surface area contributed by atoms with Crippen molar-refractivity contribution in [2.45, 2.75) is 46.8 Å². The van der Waals surface area contributed by atoms with E-state index in [1.807, 2.05) is 19.1 Å². The Morgan fingerprint density at radius 2 is 1.78 bits per heavy atom. The van der Waals surface area contributed by atoms with Crippen molar-refractivity contribution in [1.82, 2.24) is 0 Å². The fraction of sp³-hybridized carbons (Fsp3) is 0.556. The smallest absolute Gasteiger partial charge is 0.313 e. The van der Waals surface area contributed by atoms with E-state index in [1.54, 1.807) is 33.8 Å². The van der Waals surface area contributed by atoms with E-state index >= 15 is 0 Å². The first-order valence-corrected chi connectivity index (χ1v) is 7.88. The first kappa shape index (κ1) is 17.5. The van der Waals surface area contributed by atoms with Crippen LogP contribution in [-0.2, 0) is 31.3 Å². The van der Waals surface area contributed by atoms with Crippen molar-refractivity contribution in [3.05, 3.63) is 29.3 Å². The summed E-state index contributed by atoms with van der Waals surface area (Å²) in [5, 5.41) is 0. The molecule has 0 saturated carbocycles. The average molecular weight is 320 g/mol. The number of hydrogen-bond donors (Lipinski definition) is 0. The first-order valence-electron chi connectivity index (χ1n) is 7.88. The van der Waals surface area contributed by atoms with E-state index < -0.39 is 5.60 Å². The third-order valence-electron chi connectivity index (χ3n) is 3.73. The minimum Gasteiger partial charge on any atom is -0.461 e. The van der Waals surface area contributed by atoms with Gasteiger partial charge in [0.15, 0.2) is 0 Å². The van der Waals surface area contributed by atoms with Crippen molar-refractivity contribution in [3.63, 3.8) is 0 Å². The lowest BCUT2D eigenvalue weighted by Gasteiger charge is -2.16. The second-order valence-corrected chi connectivity index (χ2v) is 6.69. The number of hydrogen-bond acceptors (Lipinski definition) is 5. The van der Waals surface area contributed by atoms with Gasteiger partial charge in [-0.15, -0.1) is 0 Å². The van der Waals surface area contributed by atoms with E-state index in [-0.39, 0.29) is 30.4 Å². The predicted octanol–water partition coefficient (Wildman–Crippen LogP) is 3.19. The molecule has 1 atom stereocenters. The van der Waals surface area contributed by atoms with Crippen LogP contribution in [0.2, 0.25) is 0 Å². The van der Waals surface area contributed by atoms with E-state index in [0.29, 0.717) is 12.4 Å². The largest absolute Gasteiger partial charge is 0.461 e. The molecule has 0 amide bonds. The molecule has 1 aliphatic rings. The molecule has 0 spiro atoms.